The lowest BCUT2D eigenvalue weighted by molar-refractivity contribution is 0.0698. The molecule has 1 saturated heterocycles. The molecule has 0 atom stereocenters. The maximum Gasteiger partial charge on any atom is 0.276 e. The Morgan fingerprint density at radius 3 is 2.73 bits per heavy atom. The van der Waals surface area contributed by atoms with Crippen LogP contribution >= 0.6 is 0 Å². The van der Waals surface area contributed by atoms with Crippen molar-refractivity contribution < 1.29 is 9.32 Å². The monoisotopic (exact) mass is 354 g/mol. The van der Waals surface area contributed by atoms with Gasteiger partial charge in [-0.1, -0.05) is 5.16 Å². The van der Waals surface area contributed by atoms with Crippen LogP contribution in [-0.2, 0) is 25.8 Å². The molecule has 0 bridgehead atoms. The number of aromatic nitrogens is 3. The van der Waals surface area contributed by atoms with Crippen LogP contribution in [0.4, 0.5) is 0 Å². The van der Waals surface area contributed by atoms with Gasteiger partial charge in [0.25, 0.3) is 5.91 Å². The first-order chi connectivity index (χ1) is 12.8. The minimum Gasteiger partial charge on any atom is -0.360 e. The van der Waals surface area contributed by atoms with E-state index in [2.05, 4.69) is 15.9 Å². The molecule has 0 aromatic carbocycles. The molecule has 2 aromatic rings. The average molecular weight is 354 g/mol. The molecule has 2 aliphatic heterocycles. The van der Waals surface area contributed by atoms with Crippen LogP contribution in [0, 0.1) is 0 Å². The van der Waals surface area contributed by atoms with E-state index in [0.717, 1.165) is 75.9 Å². The minimum atomic E-state index is 0.0560. The van der Waals surface area contributed by atoms with Crippen molar-refractivity contribution in [1.82, 2.24) is 19.6 Å². The molecule has 6 nitrogen and oxygen atoms in total. The molecule has 1 aliphatic carbocycles. The molecule has 0 saturated carbocycles. The van der Waals surface area contributed by atoms with Gasteiger partial charge < -0.3 is 14.0 Å². The highest BCUT2D eigenvalue weighted by Gasteiger charge is 2.32. The largest absolute Gasteiger partial charge is 0.360 e. The SMILES string of the molecule is O=C(c1noc2c1CCCC2)N1CCC(c2ncc3n2CCCC3)CC1. The van der Waals surface area contributed by atoms with Crippen molar-refractivity contribution in [2.75, 3.05) is 13.1 Å². The second kappa shape index (κ2) is 6.56. The molecule has 138 valence electrons. The summed E-state index contributed by atoms with van der Waals surface area (Å²) in [5, 5.41) is 4.12. The normalized spacial score (nSPS) is 20.7. The molecule has 0 N–H and O–H groups in total. The fraction of sp³-hybridized carbons (Fsp3) is 0.650. The summed E-state index contributed by atoms with van der Waals surface area (Å²) in [5.74, 6) is 2.70. The number of carbonyl (C=O) groups excluding carboxylic acids is 1. The third-order valence-electron chi connectivity index (χ3n) is 6.33. The topological polar surface area (TPSA) is 64.2 Å². The van der Waals surface area contributed by atoms with Gasteiger partial charge in [-0.25, -0.2) is 4.98 Å². The first kappa shape index (κ1) is 16.1. The Hall–Kier alpha value is -2.11. The summed E-state index contributed by atoms with van der Waals surface area (Å²) in [6.45, 7) is 2.68. The predicted octanol–water partition coefficient (Wildman–Crippen LogP) is 3.11. The molecular formula is C20H26N4O2. The van der Waals surface area contributed by atoms with Crippen molar-refractivity contribution in [1.29, 1.82) is 0 Å². The zero-order valence-electron chi connectivity index (χ0n) is 15.2. The Kier molecular flexibility index (Phi) is 4.06. The zero-order valence-corrected chi connectivity index (χ0v) is 15.2. The summed E-state index contributed by atoms with van der Waals surface area (Å²) in [6.07, 6.45) is 11.8. The van der Waals surface area contributed by atoms with Crippen molar-refractivity contribution in [2.45, 2.75) is 70.3 Å². The summed E-state index contributed by atoms with van der Waals surface area (Å²) in [6, 6.07) is 0. The van der Waals surface area contributed by atoms with E-state index in [-0.39, 0.29) is 5.91 Å². The third kappa shape index (κ3) is 2.66. The molecule has 1 amide bonds. The summed E-state index contributed by atoms with van der Waals surface area (Å²) in [5.41, 5.74) is 3.01. The first-order valence-corrected chi connectivity index (χ1v) is 10.1. The van der Waals surface area contributed by atoms with E-state index in [0.29, 0.717) is 11.6 Å². The second-order valence-electron chi connectivity index (χ2n) is 7.92. The highest BCUT2D eigenvalue weighted by molar-refractivity contribution is 5.94. The van der Waals surface area contributed by atoms with Crippen LogP contribution in [0.5, 0.6) is 0 Å². The van der Waals surface area contributed by atoms with Crippen LogP contribution in [0.1, 0.15) is 77.8 Å². The van der Waals surface area contributed by atoms with Crippen molar-refractivity contribution in [3.05, 3.63) is 34.7 Å². The van der Waals surface area contributed by atoms with Gasteiger partial charge in [0.05, 0.1) is 0 Å². The van der Waals surface area contributed by atoms with Gasteiger partial charge in [-0.3, -0.25) is 4.79 Å². The van der Waals surface area contributed by atoms with E-state index in [1.807, 2.05) is 4.90 Å². The Morgan fingerprint density at radius 1 is 1.04 bits per heavy atom. The molecule has 6 heteroatoms. The Labute approximate surface area is 153 Å². The van der Waals surface area contributed by atoms with Crippen molar-refractivity contribution in [3.8, 4) is 0 Å². The number of rotatable bonds is 2. The summed E-state index contributed by atoms with van der Waals surface area (Å²) < 4.78 is 7.86. The number of hydrogen-bond acceptors (Lipinski definition) is 4. The van der Waals surface area contributed by atoms with Gasteiger partial charge in [-0.2, -0.15) is 0 Å². The van der Waals surface area contributed by atoms with Crippen LogP contribution < -0.4 is 0 Å². The number of carbonyl (C=O) groups is 1. The molecule has 26 heavy (non-hydrogen) atoms. The van der Waals surface area contributed by atoms with E-state index in [1.54, 1.807) is 0 Å². The molecule has 4 heterocycles. The third-order valence-corrected chi connectivity index (χ3v) is 6.33. The maximum absolute atomic E-state index is 12.9. The van der Waals surface area contributed by atoms with E-state index >= 15 is 0 Å². The summed E-state index contributed by atoms with van der Waals surface area (Å²) >= 11 is 0. The van der Waals surface area contributed by atoms with Crippen LogP contribution in [-0.4, -0.2) is 38.6 Å². The first-order valence-electron chi connectivity index (χ1n) is 10.1. The lowest BCUT2D eigenvalue weighted by Crippen LogP contribution is -2.39. The second-order valence-corrected chi connectivity index (χ2v) is 7.92. The quantitative estimate of drug-likeness (QED) is 0.831. The Balaban J connectivity index is 1.28. The van der Waals surface area contributed by atoms with Crippen molar-refractivity contribution >= 4 is 5.91 Å². The number of imidazole rings is 1. The van der Waals surface area contributed by atoms with Gasteiger partial charge in [0, 0.05) is 49.4 Å². The predicted molar refractivity (Wildman–Crippen MR) is 96.2 cm³/mol. The van der Waals surface area contributed by atoms with E-state index in [9.17, 15) is 4.79 Å². The van der Waals surface area contributed by atoms with E-state index < -0.39 is 0 Å². The van der Waals surface area contributed by atoms with Gasteiger partial charge >= 0.3 is 0 Å². The standard InChI is InChI=1S/C20H26N4O2/c25-20(18-16-6-1-2-7-17(16)26-22-18)23-11-8-14(9-12-23)19-21-13-15-5-3-4-10-24(15)19/h13-14H,1-12H2. The molecule has 0 radical (unpaired) electrons. The van der Waals surface area contributed by atoms with E-state index in [4.69, 9.17) is 9.51 Å². The number of piperidine rings is 1. The lowest BCUT2D eigenvalue weighted by atomic mass is 9.93. The number of likely N-dealkylation sites (tertiary alicyclic amines) is 1. The van der Waals surface area contributed by atoms with Crippen LogP contribution in [0.15, 0.2) is 10.7 Å². The Morgan fingerprint density at radius 2 is 1.85 bits per heavy atom. The summed E-state index contributed by atoms with van der Waals surface area (Å²) in [4.78, 5) is 19.6. The van der Waals surface area contributed by atoms with Crippen molar-refractivity contribution in [3.63, 3.8) is 0 Å². The lowest BCUT2D eigenvalue weighted by Gasteiger charge is -2.32. The van der Waals surface area contributed by atoms with Crippen LogP contribution in [0.2, 0.25) is 0 Å². The molecule has 1 fully saturated rings. The van der Waals surface area contributed by atoms with Gasteiger partial charge in [-0.15, -0.1) is 0 Å². The van der Waals surface area contributed by atoms with Gasteiger partial charge in [0.1, 0.15) is 11.6 Å². The van der Waals surface area contributed by atoms with Crippen LogP contribution in [0.3, 0.4) is 0 Å². The zero-order chi connectivity index (χ0) is 17.5. The number of nitrogens with zero attached hydrogens (tertiary/aromatic N) is 4. The molecular weight excluding hydrogens is 328 g/mol. The van der Waals surface area contributed by atoms with Gasteiger partial charge in [0.2, 0.25) is 0 Å². The number of aryl methyl sites for hydroxylation is 2. The molecule has 2 aromatic heterocycles. The number of fused-ring (bicyclic) bond motifs is 2. The molecule has 0 spiro atoms. The Bertz CT molecular complexity index is 814. The fourth-order valence-electron chi connectivity index (χ4n) is 4.83. The highest BCUT2D eigenvalue weighted by Crippen LogP contribution is 2.31. The smallest absolute Gasteiger partial charge is 0.276 e. The number of amides is 1. The van der Waals surface area contributed by atoms with Gasteiger partial charge in [-0.05, 0) is 51.4 Å². The van der Waals surface area contributed by atoms with Crippen LogP contribution in [0.25, 0.3) is 0 Å². The average Bonchev–Trinajstić information content (AvgIpc) is 3.32. The summed E-state index contributed by atoms with van der Waals surface area (Å²) in [7, 11) is 0. The maximum atomic E-state index is 12.9. The molecule has 0 unspecified atom stereocenters. The number of hydrogen-bond donors (Lipinski definition) is 0. The van der Waals surface area contributed by atoms with E-state index in [1.165, 1.54) is 24.4 Å². The molecule has 5 rings (SSSR count). The van der Waals surface area contributed by atoms with Crippen molar-refractivity contribution in [2.24, 2.45) is 0 Å². The minimum absolute atomic E-state index is 0.0560. The van der Waals surface area contributed by atoms with Gasteiger partial charge in [0.15, 0.2) is 5.69 Å². The highest BCUT2D eigenvalue weighted by atomic mass is 16.5. The fourth-order valence-corrected chi connectivity index (χ4v) is 4.83. The molecule has 3 aliphatic rings.